The molecule has 11 heteroatoms. The lowest BCUT2D eigenvalue weighted by molar-refractivity contribution is -0.134. The van der Waals surface area contributed by atoms with Gasteiger partial charge in [0.25, 0.3) is 10.0 Å². The minimum Gasteiger partial charge on any atom is -0.359 e. The normalized spacial score (nSPS) is 14.8. The Morgan fingerprint density at radius 1 is 1.20 bits per heavy atom. The largest absolute Gasteiger partial charge is 0.359 e. The summed E-state index contributed by atoms with van der Waals surface area (Å²) < 4.78 is 27.4. The van der Waals surface area contributed by atoms with E-state index in [9.17, 15) is 13.2 Å². The van der Waals surface area contributed by atoms with Crippen LogP contribution in [0.1, 0.15) is 17.5 Å². The van der Waals surface area contributed by atoms with Gasteiger partial charge in [-0.15, -0.1) is 0 Å². The van der Waals surface area contributed by atoms with E-state index in [0.717, 1.165) is 11.1 Å². The quantitative estimate of drug-likeness (QED) is 0.372. The van der Waals surface area contributed by atoms with Crippen molar-refractivity contribution < 1.29 is 13.2 Å². The summed E-state index contributed by atoms with van der Waals surface area (Å²) in [6.07, 6.45) is 0.343. The number of amides is 1. The van der Waals surface area contributed by atoms with Gasteiger partial charge in [0.1, 0.15) is 10.9 Å². The van der Waals surface area contributed by atoms with Crippen LogP contribution in [-0.2, 0) is 21.4 Å². The van der Waals surface area contributed by atoms with Gasteiger partial charge < -0.3 is 14.8 Å². The first-order valence-corrected chi connectivity index (χ1v) is 12.8. The Labute approximate surface area is 209 Å². The summed E-state index contributed by atoms with van der Waals surface area (Å²) in [6.45, 7) is 1.07. The van der Waals surface area contributed by atoms with Crippen LogP contribution in [0.3, 0.4) is 0 Å². The lowest BCUT2D eigenvalue weighted by Gasteiger charge is -2.33. The Morgan fingerprint density at radius 2 is 1.94 bits per heavy atom. The smallest absolute Gasteiger partial charge is 0.259 e. The summed E-state index contributed by atoms with van der Waals surface area (Å²) in [5, 5.41) is 18.2. The molecule has 4 rings (SSSR count). The van der Waals surface area contributed by atoms with Gasteiger partial charge in [0.2, 0.25) is 5.91 Å². The number of hydrogen-bond acceptors (Lipinski definition) is 5. The number of rotatable bonds is 7. The molecule has 2 heterocycles. The van der Waals surface area contributed by atoms with Gasteiger partial charge in [-0.25, -0.2) is 8.42 Å². The second-order valence-electron chi connectivity index (χ2n) is 8.39. The number of sulfonamides is 1. The molecule has 0 unspecified atom stereocenters. The SMILES string of the molecule is CN(CCC#N)C(=N)c1ccc(CN2CCN(S(=O)(=O)c3cc4cc(Cl)ccc4[nH]3)CC2=O)cc1. The summed E-state index contributed by atoms with van der Waals surface area (Å²) in [5.41, 5.74) is 2.26. The zero-order valence-corrected chi connectivity index (χ0v) is 20.7. The number of nitrogens with one attached hydrogen (secondary N) is 2. The van der Waals surface area contributed by atoms with Crippen molar-refractivity contribution in [3.8, 4) is 6.07 Å². The highest BCUT2D eigenvalue weighted by molar-refractivity contribution is 7.89. The van der Waals surface area contributed by atoms with Gasteiger partial charge in [-0.3, -0.25) is 10.2 Å². The fourth-order valence-electron chi connectivity index (χ4n) is 3.95. The number of carbonyl (C=O) groups excluding carboxylic acids is 1. The Balaban J connectivity index is 1.39. The second kappa shape index (κ2) is 10.1. The molecule has 2 N–H and O–H groups in total. The maximum absolute atomic E-state index is 13.1. The van der Waals surface area contributed by atoms with Gasteiger partial charge in [0, 0.05) is 54.7 Å². The highest BCUT2D eigenvalue weighted by atomic mass is 35.5. The first kappa shape index (κ1) is 24.7. The molecule has 9 nitrogen and oxygen atoms in total. The van der Waals surface area contributed by atoms with Crippen LogP contribution in [0.2, 0.25) is 5.02 Å². The number of piperazine rings is 1. The molecule has 0 spiro atoms. The lowest BCUT2D eigenvalue weighted by atomic mass is 10.1. The monoisotopic (exact) mass is 512 g/mol. The summed E-state index contributed by atoms with van der Waals surface area (Å²) >= 11 is 6.00. The van der Waals surface area contributed by atoms with Gasteiger partial charge in [0.15, 0.2) is 0 Å². The van der Waals surface area contributed by atoms with Crippen molar-refractivity contribution in [3.05, 3.63) is 64.7 Å². The third kappa shape index (κ3) is 5.32. The first-order valence-electron chi connectivity index (χ1n) is 11.0. The molecule has 1 fully saturated rings. The van der Waals surface area contributed by atoms with E-state index in [2.05, 4.69) is 11.1 Å². The molecule has 0 aliphatic carbocycles. The number of fused-ring (bicyclic) bond motifs is 1. The number of H-pyrrole nitrogens is 1. The second-order valence-corrected chi connectivity index (χ2v) is 10.7. The van der Waals surface area contributed by atoms with E-state index in [0.29, 0.717) is 41.3 Å². The fourth-order valence-corrected chi connectivity index (χ4v) is 5.53. The number of carbonyl (C=O) groups is 1. The van der Waals surface area contributed by atoms with Crippen LogP contribution in [0.25, 0.3) is 10.9 Å². The molecule has 2 aromatic carbocycles. The maximum Gasteiger partial charge on any atom is 0.259 e. The third-order valence-electron chi connectivity index (χ3n) is 6.00. The van der Waals surface area contributed by atoms with E-state index >= 15 is 0 Å². The maximum atomic E-state index is 13.1. The van der Waals surface area contributed by atoms with Crippen LogP contribution < -0.4 is 0 Å². The van der Waals surface area contributed by atoms with E-state index in [4.69, 9.17) is 22.3 Å². The molecule has 1 aromatic heterocycles. The number of nitriles is 1. The predicted molar refractivity (Wildman–Crippen MR) is 134 cm³/mol. The zero-order valence-electron chi connectivity index (χ0n) is 19.2. The molecule has 0 bridgehead atoms. The minimum absolute atomic E-state index is 0.0359. The van der Waals surface area contributed by atoms with Crippen LogP contribution in [0.5, 0.6) is 0 Å². The molecule has 1 aliphatic rings. The van der Waals surface area contributed by atoms with Crippen molar-refractivity contribution in [2.24, 2.45) is 0 Å². The van der Waals surface area contributed by atoms with Crippen LogP contribution in [-0.4, -0.2) is 72.5 Å². The number of hydrogen-bond donors (Lipinski definition) is 2. The first-order chi connectivity index (χ1) is 16.7. The van der Waals surface area contributed by atoms with E-state index in [1.54, 1.807) is 35.0 Å². The van der Waals surface area contributed by atoms with E-state index in [-0.39, 0.29) is 30.6 Å². The topological polar surface area (TPSA) is 124 Å². The van der Waals surface area contributed by atoms with Crippen LogP contribution in [0.15, 0.2) is 53.6 Å². The van der Waals surface area contributed by atoms with Crippen LogP contribution in [0, 0.1) is 16.7 Å². The van der Waals surface area contributed by atoms with E-state index in [1.165, 1.54) is 10.4 Å². The van der Waals surface area contributed by atoms with Gasteiger partial charge in [-0.05, 0) is 29.8 Å². The van der Waals surface area contributed by atoms with Crippen molar-refractivity contribution in [3.63, 3.8) is 0 Å². The van der Waals surface area contributed by atoms with Gasteiger partial charge in [-0.2, -0.15) is 9.57 Å². The van der Waals surface area contributed by atoms with Crippen molar-refractivity contribution >= 4 is 44.3 Å². The summed E-state index contributed by atoms with van der Waals surface area (Å²) in [6, 6.07) is 16.0. The van der Waals surface area contributed by atoms with Crippen molar-refractivity contribution in [1.82, 2.24) is 19.1 Å². The Bertz CT molecular complexity index is 1410. The predicted octanol–water partition coefficient (Wildman–Crippen LogP) is 3.03. The molecule has 1 aliphatic heterocycles. The molecule has 3 aromatic rings. The highest BCUT2D eigenvalue weighted by Crippen LogP contribution is 2.25. The minimum atomic E-state index is -3.86. The Kier molecular flexibility index (Phi) is 7.12. The highest BCUT2D eigenvalue weighted by Gasteiger charge is 2.33. The lowest BCUT2D eigenvalue weighted by Crippen LogP contribution is -2.51. The molecule has 35 heavy (non-hydrogen) atoms. The summed E-state index contributed by atoms with van der Waals surface area (Å²) in [4.78, 5) is 19.1. The zero-order chi connectivity index (χ0) is 25.2. The average Bonchev–Trinajstić information content (AvgIpc) is 3.28. The van der Waals surface area contributed by atoms with Crippen molar-refractivity contribution in [1.29, 1.82) is 10.7 Å². The number of aromatic amines is 1. The molecule has 1 saturated heterocycles. The van der Waals surface area contributed by atoms with Crippen molar-refractivity contribution in [2.75, 3.05) is 33.2 Å². The van der Waals surface area contributed by atoms with Gasteiger partial charge in [-0.1, -0.05) is 35.9 Å². The molecule has 182 valence electrons. The standard InChI is InChI=1S/C24H25ClN6O3S/c1-29(10-2-9-26)24(27)18-5-3-17(4-6-18)15-30-11-12-31(16-23(30)32)35(33,34)22-14-19-13-20(25)7-8-21(19)28-22/h3-8,13-14,27-28H,2,10-12,15-16H2,1H3. The number of nitrogens with zero attached hydrogens (tertiary/aromatic N) is 4. The Morgan fingerprint density at radius 3 is 2.63 bits per heavy atom. The number of amidine groups is 1. The number of aromatic nitrogens is 1. The van der Waals surface area contributed by atoms with Gasteiger partial charge in [0.05, 0.1) is 19.0 Å². The number of halogens is 1. The molecule has 0 atom stereocenters. The molecular formula is C24H25ClN6O3S. The number of benzene rings is 2. The third-order valence-corrected chi connectivity index (χ3v) is 8.00. The molecular weight excluding hydrogens is 488 g/mol. The molecule has 1 amide bonds. The van der Waals surface area contributed by atoms with Gasteiger partial charge >= 0.3 is 0 Å². The average molecular weight is 513 g/mol. The molecule has 0 radical (unpaired) electrons. The van der Waals surface area contributed by atoms with Crippen molar-refractivity contribution in [2.45, 2.75) is 18.0 Å². The van der Waals surface area contributed by atoms with E-state index in [1.807, 2.05) is 24.3 Å². The summed E-state index contributed by atoms with van der Waals surface area (Å²) in [5.74, 6) is 0.0491. The fraction of sp³-hybridized carbons (Fsp3) is 0.292. The van der Waals surface area contributed by atoms with Crippen LogP contribution in [0.4, 0.5) is 0 Å². The van der Waals surface area contributed by atoms with E-state index < -0.39 is 10.0 Å². The molecule has 0 saturated carbocycles. The Hall–Kier alpha value is -3.39. The summed E-state index contributed by atoms with van der Waals surface area (Å²) in [7, 11) is -2.09. The van der Waals surface area contributed by atoms with Crippen LogP contribution >= 0.6 is 11.6 Å².